The summed E-state index contributed by atoms with van der Waals surface area (Å²) < 4.78 is 24.0. The van der Waals surface area contributed by atoms with Gasteiger partial charge in [0, 0.05) is 111 Å². The summed E-state index contributed by atoms with van der Waals surface area (Å²) in [5.41, 5.74) is 12.4. The second kappa shape index (κ2) is 60.5. The number of hydrogen-bond acceptors (Lipinski definition) is 33. The van der Waals surface area contributed by atoms with Crippen LogP contribution in [0.3, 0.4) is 0 Å². The molecule has 9 aromatic rings. The first kappa shape index (κ1) is 125. The molecule has 0 saturated carbocycles. The van der Waals surface area contributed by atoms with Crippen LogP contribution in [0.2, 0.25) is 61.2 Å². The number of ether oxygens (including phenoxy) is 5. The molecule has 4 aromatic carbocycles. The molecule has 143 heavy (non-hydrogen) atoms. The number of carbonyl (C=O) groups is 12. The number of amides is 6. The molecule has 55 heteroatoms. The number of benzene rings is 4. The second-order valence-corrected chi connectivity index (χ2v) is 36.4. The lowest BCUT2D eigenvalue weighted by molar-refractivity contribution is -0.143. The molecular weight excluding hydrogens is 2130 g/mol. The lowest BCUT2D eigenvalue weighted by Crippen LogP contribution is -2.47. The Morgan fingerprint density at radius 2 is 0.713 bits per heavy atom. The Morgan fingerprint density at radius 3 is 1.02 bits per heavy atom. The van der Waals surface area contributed by atoms with Crippen molar-refractivity contribution in [3.05, 3.63) is 228 Å². The fourth-order valence-corrected chi connectivity index (χ4v) is 13.8. The minimum absolute atomic E-state index is 0. The molecule has 0 unspecified atom stereocenters. The Kier molecular flexibility index (Phi) is 52.9. The summed E-state index contributed by atoms with van der Waals surface area (Å²) in [6, 6.07) is 18.7. The van der Waals surface area contributed by atoms with Gasteiger partial charge in [0.1, 0.15) is 72.8 Å². The lowest BCUT2D eigenvalue weighted by atomic mass is 9.96. The molecule has 0 saturated heterocycles. The number of carbonyl (C=O) groups excluding carboxylic acids is 8. The van der Waals surface area contributed by atoms with E-state index in [9.17, 15) is 67.7 Å². The Labute approximate surface area is 881 Å². The lowest BCUT2D eigenvalue weighted by Gasteiger charge is -2.30. The fraction of sp³-hybridized carbons (Fsp3) is 0.364. The van der Waals surface area contributed by atoms with Gasteiger partial charge in [-0.15, -0.1) is 0 Å². The van der Waals surface area contributed by atoms with Crippen LogP contribution < -0.4 is 54.0 Å². The first-order chi connectivity index (χ1) is 66.1. The van der Waals surface area contributed by atoms with E-state index < -0.39 is 107 Å². The average molecular weight is 2230 g/mol. The smallest absolute Gasteiger partial charge is 0.408 e. The normalized spacial score (nSPS) is 12.5. The Bertz CT molecular complexity index is 5830. The van der Waals surface area contributed by atoms with E-state index in [1.54, 1.807) is 145 Å². The third-order valence-corrected chi connectivity index (χ3v) is 20.6. The van der Waals surface area contributed by atoms with E-state index >= 15 is 0 Å². The number of rotatable bonds is 26. The van der Waals surface area contributed by atoms with Gasteiger partial charge in [-0.2, -0.15) is 0 Å². The van der Waals surface area contributed by atoms with Crippen molar-refractivity contribution in [2.75, 3.05) is 81.3 Å². The summed E-state index contributed by atoms with van der Waals surface area (Å²) in [4.78, 5) is 182. The van der Waals surface area contributed by atoms with E-state index in [-0.39, 0.29) is 136 Å². The van der Waals surface area contributed by atoms with E-state index in [0.29, 0.717) is 81.0 Å². The predicted octanol–water partition coefficient (Wildman–Crippen LogP) is 15.3. The molecule has 0 spiro atoms. The van der Waals surface area contributed by atoms with E-state index in [0.717, 1.165) is 11.1 Å². The summed E-state index contributed by atoms with van der Waals surface area (Å²) in [6.07, 6.45) is 5.84. The summed E-state index contributed by atoms with van der Waals surface area (Å²) in [5, 5.41) is 59.6. The van der Waals surface area contributed by atoms with Gasteiger partial charge in [-0.25, -0.2) is 88.2 Å². The van der Waals surface area contributed by atoms with Crippen LogP contribution in [-0.2, 0) is 73.6 Å². The molecule has 0 radical (unpaired) electrons. The molecule has 5 aromatic heterocycles. The van der Waals surface area contributed by atoms with Crippen LogP contribution in [0.4, 0.5) is 38.2 Å². The van der Waals surface area contributed by atoms with Crippen molar-refractivity contribution in [2.24, 2.45) is 11.5 Å². The first-order valence-corrected chi connectivity index (χ1v) is 45.6. The summed E-state index contributed by atoms with van der Waals surface area (Å²) in [7, 11) is 2.50. The van der Waals surface area contributed by atoms with Gasteiger partial charge in [-0.3, -0.25) is 19.2 Å². The SMILES string of the molecule is C.C.CC(C)(C)OC(=O)N[C@@H](CN)C(=O)O.CC(C)(C)OC(=O)N[C@@H](CNc1nccc(Cl)n1)C(=O)O.COC(=O)[C@@H](N)CNc1nccc(Cl)n1.COC(=O)[C@H](CNc1nccc(Cl)n1)NC(=O)OC(C)(C)C.Clc1ccnc(Cl)n1.O=C(N[C@@H](CNc1nccc(Cl)n1)C(=O)O)c1c(Cl)cc2c(c1Cl)CCN(C(=O)c1ccc(Cl)cc1)C2.O=C(O)c1c(Cl)cc2c(c1Cl)CCN(C(=O)c1ccc(Cl)cc1)C2. The fourth-order valence-electron chi connectivity index (χ4n) is 11.2. The van der Waals surface area contributed by atoms with Crippen molar-refractivity contribution < 1.29 is 102 Å². The van der Waals surface area contributed by atoms with Crippen LogP contribution in [0.1, 0.15) is 141 Å². The number of nitrogens with two attached hydrogens (primary N) is 2. The number of alkyl carbamates (subject to hydrolysis) is 3. The highest BCUT2D eigenvalue weighted by molar-refractivity contribution is 6.41. The Morgan fingerprint density at radius 1 is 0.406 bits per heavy atom. The van der Waals surface area contributed by atoms with Gasteiger partial charge in [0.2, 0.25) is 29.1 Å². The number of halogens is 12. The molecule has 5 atom stereocenters. The van der Waals surface area contributed by atoms with Crippen molar-refractivity contribution >= 4 is 235 Å². The highest BCUT2D eigenvalue weighted by Gasteiger charge is 2.34. The number of aromatic nitrogens is 10. The highest BCUT2D eigenvalue weighted by Crippen LogP contribution is 2.37. The van der Waals surface area contributed by atoms with E-state index in [2.05, 4.69) is 102 Å². The zero-order valence-corrected chi connectivity index (χ0v) is 85.6. The topological polar surface area (TPSA) is 616 Å². The number of esters is 2. The van der Waals surface area contributed by atoms with Crippen LogP contribution in [0.15, 0.2) is 122 Å². The van der Waals surface area contributed by atoms with Crippen molar-refractivity contribution in [2.45, 2.75) is 150 Å². The van der Waals surface area contributed by atoms with E-state index in [1.165, 1.54) is 63.4 Å². The van der Waals surface area contributed by atoms with Crippen molar-refractivity contribution in [3.63, 3.8) is 0 Å². The van der Waals surface area contributed by atoms with Gasteiger partial charge in [-0.1, -0.05) is 142 Å². The number of aromatic carboxylic acids is 1. The van der Waals surface area contributed by atoms with Gasteiger partial charge >= 0.3 is 54.1 Å². The molecule has 16 N–H and O–H groups in total. The van der Waals surface area contributed by atoms with Crippen molar-refractivity contribution in [3.8, 4) is 0 Å². The molecular formula is C88H104Cl12N22O21. The molecule has 2 aliphatic rings. The van der Waals surface area contributed by atoms with Crippen LogP contribution in [0.5, 0.6) is 0 Å². The second-order valence-electron chi connectivity index (χ2n) is 31.7. The summed E-state index contributed by atoms with van der Waals surface area (Å²) in [5.74, 6) is -6.18. The first-order valence-electron chi connectivity index (χ1n) is 41.0. The highest BCUT2D eigenvalue weighted by atomic mass is 35.5. The third-order valence-electron chi connectivity index (χ3n) is 17.5. The van der Waals surface area contributed by atoms with Crippen LogP contribution in [0.25, 0.3) is 0 Å². The minimum atomic E-state index is -1.34. The third kappa shape index (κ3) is 45.2. The molecule has 0 bridgehead atoms. The quantitative estimate of drug-likeness (QED) is 0.0104. The Hall–Kier alpha value is -12.1. The molecule has 2 aliphatic heterocycles. The largest absolute Gasteiger partial charge is 0.480 e. The van der Waals surface area contributed by atoms with E-state index in [4.69, 9.17) is 175 Å². The van der Waals surface area contributed by atoms with Gasteiger partial charge in [-0.05, 0) is 200 Å². The average Bonchev–Trinajstić information content (AvgIpc) is 0.776. The summed E-state index contributed by atoms with van der Waals surface area (Å²) >= 11 is 70.6. The van der Waals surface area contributed by atoms with Gasteiger partial charge in [0.15, 0.2) is 0 Å². The number of carboxylic acids is 4. The standard InChI is InChI=1S/C24H19Cl4N5O4.C17H12Cl3NO3.C13H19ClN4O4.C12H17ClN4O4.C8H11ClN4O2.C8H16N2O4.C4H2Cl2N2.2CH4/c25-14-3-1-12(2-4-14)22(35)33-8-6-15-13(11-33)9-16(26)19(20(15)28)21(34)31-17(23(36)37)10-30-24-29-7-5-18(27)32-24;18-11-3-1-9(2-4-11)16(22)21-6-5-12-10(8-21)7-13(19)14(15(12)20)17(23)24;1-13(2,3)22-12(20)17-8(10(19)21-4)7-16-11-15-6-5-9(14)18-11;1-12(2,3)21-11(20)16-7(9(18)19)6-15-10-14-5-4-8(13)17-10;1-15-7(14)5(10)4-12-8-11-3-2-6(9)13-8;1-8(2,3)14-7(13)10-5(4-9)6(11)12;5-3-1-2-7-4(6)8-3;;/h1-5,7,9,17H,6,8,10-11H2,(H,31,34)(H,36,37)(H,29,30,32);1-4,7H,5-6,8H2,(H,23,24);5-6,8H,7H2,1-4H3,(H,17,20)(H,15,16,18);4-5,7H,6H2,1-3H3,(H,16,20)(H,18,19)(H,14,15,17);2-3,5H,4,10H2,1H3,(H,11,12,13);5H,4,9H2,1-3H3,(H,10,13)(H,11,12);1-2H;2*1H4/t17-;;8-;7-;2*5-;;;/m0.0000.../s1. The minimum Gasteiger partial charge on any atom is -0.480 e. The van der Waals surface area contributed by atoms with Crippen LogP contribution in [0, 0.1) is 0 Å². The molecule has 7 heterocycles. The zero-order valence-electron chi connectivity index (χ0n) is 76.5. The molecule has 0 aliphatic carbocycles. The monoisotopic (exact) mass is 2220 g/mol. The summed E-state index contributed by atoms with van der Waals surface area (Å²) in [6.45, 7) is 16.4. The maximum absolute atomic E-state index is 13.0. The molecule has 776 valence electrons. The number of carboxylic acid groups (broad SMARTS) is 4. The van der Waals surface area contributed by atoms with Crippen LogP contribution >= 0.6 is 139 Å². The maximum atomic E-state index is 13.0. The van der Waals surface area contributed by atoms with Crippen LogP contribution in [-0.4, -0.2) is 259 Å². The number of nitrogens with zero attached hydrogens (tertiary/aromatic N) is 12. The van der Waals surface area contributed by atoms with Gasteiger partial charge in [0.05, 0.1) is 45.4 Å². The maximum Gasteiger partial charge on any atom is 0.408 e. The van der Waals surface area contributed by atoms with Crippen molar-refractivity contribution in [1.29, 1.82) is 0 Å². The van der Waals surface area contributed by atoms with E-state index in [1.807, 2.05) is 0 Å². The number of fused-ring (bicyclic) bond motifs is 2. The molecule has 0 fully saturated rings. The molecule has 43 nitrogen and oxygen atoms in total. The predicted molar refractivity (Wildman–Crippen MR) is 542 cm³/mol. The Balaban J connectivity index is 0.000000445. The number of methoxy groups -OCH3 is 2. The van der Waals surface area contributed by atoms with Gasteiger partial charge in [0.25, 0.3) is 17.7 Å². The van der Waals surface area contributed by atoms with Gasteiger partial charge < -0.3 is 108 Å². The number of hydrogen-bond donors (Lipinski definition) is 14. The number of aliphatic carboxylic acids is 3. The van der Waals surface area contributed by atoms with Crippen molar-refractivity contribution in [1.82, 2.24) is 80.9 Å². The number of anilines is 4. The number of nitrogens with one attached hydrogen (secondary N) is 8. The molecule has 6 amide bonds. The molecule has 11 rings (SSSR count). The zero-order chi connectivity index (χ0) is 106.